The summed E-state index contributed by atoms with van der Waals surface area (Å²) in [5.41, 5.74) is 10.1. The van der Waals surface area contributed by atoms with Crippen molar-refractivity contribution in [2.24, 2.45) is 0 Å². The number of hydrogen-bond donors (Lipinski definition) is 0. The van der Waals surface area contributed by atoms with Gasteiger partial charge in [-0.2, -0.15) is 0 Å². The predicted molar refractivity (Wildman–Crippen MR) is 145 cm³/mol. The van der Waals surface area contributed by atoms with Gasteiger partial charge < -0.3 is 8.83 Å². The molecular weight excluding hydrogens is 444 g/mol. The lowest BCUT2D eigenvalue weighted by Crippen LogP contribution is -1.84. The summed E-state index contributed by atoms with van der Waals surface area (Å²) in [5.74, 6) is 0. The van der Waals surface area contributed by atoms with Gasteiger partial charge in [-0.15, -0.1) is 0 Å². The minimum atomic E-state index is 0.564. The lowest BCUT2D eigenvalue weighted by atomic mass is 9.97. The van der Waals surface area contributed by atoms with Crippen LogP contribution in [0.25, 0.3) is 77.4 Å². The SMILES string of the molecule is c1cc(-c2ccc3c(c2)oc2ccccc23)cc(-c2ccc3oc4nc5ccccc5nc4c3c2)c1. The third-order valence-electron chi connectivity index (χ3n) is 6.89. The van der Waals surface area contributed by atoms with E-state index in [1.54, 1.807) is 0 Å². The van der Waals surface area contributed by atoms with E-state index in [2.05, 4.69) is 65.6 Å². The van der Waals surface area contributed by atoms with E-state index in [9.17, 15) is 0 Å². The maximum atomic E-state index is 6.12. The highest BCUT2D eigenvalue weighted by Crippen LogP contribution is 2.35. The highest BCUT2D eigenvalue weighted by Gasteiger charge is 2.13. The third kappa shape index (κ3) is 2.88. The lowest BCUT2D eigenvalue weighted by Gasteiger charge is -2.07. The zero-order chi connectivity index (χ0) is 23.6. The van der Waals surface area contributed by atoms with Crippen molar-refractivity contribution in [3.8, 4) is 22.3 Å². The number of nitrogens with zero attached hydrogens (tertiary/aromatic N) is 2. The van der Waals surface area contributed by atoms with E-state index in [1.165, 1.54) is 0 Å². The van der Waals surface area contributed by atoms with Crippen LogP contribution in [-0.4, -0.2) is 9.97 Å². The topological polar surface area (TPSA) is 52.1 Å². The van der Waals surface area contributed by atoms with Crippen LogP contribution in [0.15, 0.2) is 118 Å². The molecule has 0 unspecified atom stereocenters. The zero-order valence-electron chi connectivity index (χ0n) is 19.1. The zero-order valence-corrected chi connectivity index (χ0v) is 19.1. The van der Waals surface area contributed by atoms with E-state index in [1.807, 2.05) is 48.5 Å². The van der Waals surface area contributed by atoms with Crippen LogP contribution in [0.3, 0.4) is 0 Å². The summed E-state index contributed by atoms with van der Waals surface area (Å²) in [4.78, 5) is 9.52. The van der Waals surface area contributed by atoms with E-state index in [0.29, 0.717) is 5.71 Å². The van der Waals surface area contributed by atoms with E-state index in [4.69, 9.17) is 13.8 Å². The van der Waals surface area contributed by atoms with Gasteiger partial charge in [-0.05, 0) is 70.8 Å². The fourth-order valence-corrected chi connectivity index (χ4v) is 5.10. The minimum Gasteiger partial charge on any atom is -0.456 e. The first-order valence-electron chi connectivity index (χ1n) is 11.9. The molecule has 168 valence electrons. The van der Waals surface area contributed by atoms with Gasteiger partial charge in [-0.25, -0.2) is 9.97 Å². The van der Waals surface area contributed by atoms with Crippen molar-refractivity contribution in [1.82, 2.24) is 9.97 Å². The van der Waals surface area contributed by atoms with Gasteiger partial charge in [0.2, 0.25) is 5.71 Å². The summed E-state index contributed by atoms with van der Waals surface area (Å²) in [7, 11) is 0. The second-order valence-corrected chi connectivity index (χ2v) is 9.07. The Morgan fingerprint density at radius 1 is 0.417 bits per heavy atom. The first kappa shape index (κ1) is 19.4. The first-order valence-corrected chi connectivity index (χ1v) is 11.9. The summed E-state index contributed by atoms with van der Waals surface area (Å²) >= 11 is 0. The van der Waals surface area contributed by atoms with Gasteiger partial charge >= 0.3 is 0 Å². The fourth-order valence-electron chi connectivity index (χ4n) is 5.10. The Balaban J connectivity index is 1.25. The molecule has 3 aromatic heterocycles. The largest absolute Gasteiger partial charge is 0.456 e. The van der Waals surface area contributed by atoms with Crippen LogP contribution in [0.4, 0.5) is 0 Å². The smallest absolute Gasteiger partial charge is 0.246 e. The maximum Gasteiger partial charge on any atom is 0.246 e. The number of fused-ring (bicyclic) bond motifs is 7. The molecule has 0 aliphatic heterocycles. The van der Waals surface area contributed by atoms with Crippen molar-refractivity contribution in [1.29, 1.82) is 0 Å². The quantitative estimate of drug-likeness (QED) is 0.258. The number of hydrogen-bond acceptors (Lipinski definition) is 4. The van der Waals surface area contributed by atoms with Gasteiger partial charge in [0.05, 0.1) is 11.0 Å². The average Bonchev–Trinajstić information content (AvgIpc) is 3.48. The Morgan fingerprint density at radius 3 is 1.97 bits per heavy atom. The molecule has 0 bridgehead atoms. The van der Waals surface area contributed by atoms with Crippen molar-refractivity contribution in [3.63, 3.8) is 0 Å². The summed E-state index contributed by atoms with van der Waals surface area (Å²) < 4.78 is 12.1. The Labute approximate surface area is 205 Å². The molecule has 4 heteroatoms. The van der Waals surface area contributed by atoms with Crippen molar-refractivity contribution in [2.75, 3.05) is 0 Å². The van der Waals surface area contributed by atoms with Crippen LogP contribution in [0.2, 0.25) is 0 Å². The molecule has 0 N–H and O–H groups in total. The number of rotatable bonds is 2. The van der Waals surface area contributed by atoms with E-state index in [0.717, 1.165) is 71.7 Å². The number of para-hydroxylation sites is 3. The van der Waals surface area contributed by atoms with Crippen LogP contribution in [0.5, 0.6) is 0 Å². The molecule has 3 heterocycles. The third-order valence-corrected chi connectivity index (χ3v) is 6.89. The van der Waals surface area contributed by atoms with Gasteiger partial charge in [0.15, 0.2) is 0 Å². The summed E-state index contributed by atoms with van der Waals surface area (Å²) in [6.07, 6.45) is 0. The molecular formula is C32H18N2O2. The molecule has 0 amide bonds. The Hall–Kier alpha value is -4.96. The van der Waals surface area contributed by atoms with Gasteiger partial charge in [0, 0.05) is 16.2 Å². The number of aromatic nitrogens is 2. The monoisotopic (exact) mass is 462 g/mol. The van der Waals surface area contributed by atoms with Gasteiger partial charge in [-0.1, -0.05) is 60.7 Å². The highest BCUT2D eigenvalue weighted by molar-refractivity contribution is 6.06. The van der Waals surface area contributed by atoms with Crippen LogP contribution in [-0.2, 0) is 0 Å². The maximum absolute atomic E-state index is 6.12. The Kier molecular flexibility index (Phi) is 3.91. The molecule has 0 aliphatic carbocycles. The van der Waals surface area contributed by atoms with Crippen molar-refractivity contribution >= 4 is 55.2 Å². The molecule has 0 saturated heterocycles. The number of furan rings is 2. The average molecular weight is 463 g/mol. The molecule has 0 saturated carbocycles. The fraction of sp³-hybridized carbons (Fsp3) is 0. The van der Waals surface area contributed by atoms with E-state index in [-0.39, 0.29) is 0 Å². The van der Waals surface area contributed by atoms with Gasteiger partial charge in [0.25, 0.3) is 0 Å². The van der Waals surface area contributed by atoms with Crippen molar-refractivity contribution in [2.45, 2.75) is 0 Å². The summed E-state index contributed by atoms with van der Waals surface area (Å²) in [5, 5.41) is 3.25. The van der Waals surface area contributed by atoms with Crippen LogP contribution >= 0.6 is 0 Å². The van der Waals surface area contributed by atoms with Gasteiger partial charge in [-0.3, -0.25) is 0 Å². The lowest BCUT2D eigenvalue weighted by molar-refractivity contribution is 0.655. The molecule has 0 fully saturated rings. The van der Waals surface area contributed by atoms with Gasteiger partial charge in [0.1, 0.15) is 22.3 Å². The predicted octanol–water partition coefficient (Wildman–Crippen LogP) is 8.76. The normalized spacial score (nSPS) is 11.9. The minimum absolute atomic E-state index is 0.564. The second-order valence-electron chi connectivity index (χ2n) is 9.07. The van der Waals surface area contributed by atoms with E-state index < -0.39 is 0 Å². The van der Waals surface area contributed by atoms with Crippen LogP contribution in [0.1, 0.15) is 0 Å². The molecule has 0 atom stereocenters. The highest BCUT2D eigenvalue weighted by atomic mass is 16.3. The molecule has 8 rings (SSSR count). The van der Waals surface area contributed by atoms with Crippen molar-refractivity contribution < 1.29 is 8.83 Å². The summed E-state index contributed by atoms with van der Waals surface area (Å²) in [6, 6.07) is 37.3. The first-order chi connectivity index (χ1) is 17.8. The molecule has 4 nitrogen and oxygen atoms in total. The summed E-state index contributed by atoms with van der Waals surface area (Å²) in [6.45, 7) is 0. The van der Waals surface area contributed by atoms with Crippen molar-refractivity contribution in [3.05, 3.63) is 109 Å². The second kappa shape index (κ2) is 7.27. The number of benzene rings is 5. The standard InChI is InChI=1S/C32H18N2O2/c1-4-11-28-23(8-1)24-14-12-22(18-30(24)35-28)20-7-5-6-19(16-20)21-13-15-29-25(17-21)31-32(36-29)34-27-10-3-2-9-26(27)33-31/h1-18H. The molecule has 0 spiro atoms. The molecule has 0 radical (unpaired) electrons. The molecule has 0 aliphatic rings. The van der Waals surface area contributed by atoms with Crippen LogP contribution < -0.4 is 0 Å². The Morgan fingerprint density at radius 2 is 1.08 bits per heavy atom. The molecule has 8 aromatic rings. The molecule has 5 aromatic carbocycles. The van der Waals surface area contributed by atoms with E-state index >= 15 is 0 Å². The van der Waals surface area contributed by atoms with Crippen LogP contribution in [0, 0.1) is 0 Å². The Bertz CT molecular complexity index is 2120. The molecule has 36 heavy (non-hydrogen) atoms.